The largest absolute Gasteiger partial charge is 0.364 e. The lowest BCUT2D eigenvalue weighted by molar-refractivity contribution is 0.0714. The Balaban J connectivity index is 1.53. The predicted octanol–water partition coefficient (Wildman–Crippen LogP) is 2.74. The number of halogens is 1. The van der Waals surface area contributed by atoms with Gasteiger partial charge in [-0.15, -0.1) is 0 Å². The van der Waals surface area contributed by atoms with Crippen LogP contribution in [-0.4, -0.2) is 54.9 Å². The van der Waals surface area contributed by atoms with Gasteiger partial charge < -0.3 is 10.2 Å². The molecule has 28 heavy (non-hydrogen) atoms. The average Bonchev–Trinajstić information content (AvgIpc) is 3.24. The van der Waals surface area contributed by atoms with Crippen molar-refractivity contribution in [2.24, 2.45) is 0 Å². The van der Waals surface area contributed by atoms with Crippen molar-refractivity contribution in [3.8, 4) is 5.69 Å². The number of aryl methyl sites for hydroxylation is 1. The smallest absolute Gasteiger partial charge is 0.256 e. The molecule has 9 heteroatoms. The number of nitrogens with one attached hydrogen (secondary N) is 1. The molecule has 0 aliphatic carbocycles. The SMILES string of the molecule is Cc1ccc(C(=O)N2CCCC(Nc3cnc(Cl)cn3)C2)c(-n2nccn2)c1. The molecule has 4 rings (SSSR count). The van der Waals surface area contributed by atoms with E-state index >= 15 is 0 Å². The second-order valence-corrected chi connectivity index (χ2v) is 7.19. The first-order chi connectivity index (χ1) is 13.6. The van der Waals surface area contributed by atoms with Gasteiger partial charge in [0.05, 0.1) is 36.0 Å². The molecule has 1 aliphatic heterocycles. The number of hydrogen-bond donors (Lipinski definition) is 1. The third-order valence-electron chi connectivity index (χ3n) is 4.70. The molecule has 8 nitrogen and oxygen atoms in total. The molecule has 0 radical (unpaired) electrons. The monoisotopic (exact) mass is 397 g/mol. The molecule has 1 saturated heterocycles. The lowest BCUT2D eigenvalue weighted by atomic mass is 10.0. The summed E-state index contributed by atoms with van der Waals surface area (Å²) in [5.41, 5.74) is 2.32. The summed E-state index contributed by atoms with van der Waals surface area (Å²) in [6, 6.07) is 5.81. The molecule has 0 spiro atoms. The number of nitrogens with zero attached hydrogens (tertiary/aromatic N) is 6. The Morgan fingerprint density at radius 1 is 1.21 bits per heavy atom. The van der Waals surface area contributed by atoms with Crippen LogP contribution in [0.3, 0.4) is 0 Å². The van der Waals surface area contributed by atoms with Crippen molar-refractivity contribution in [2.45, 2.75) is 25.8 Å². The van der Waals surface area contributed by atoms with Gasteiger partial charge in [0.15, 0.2) is 0 Å². The second kappa shape index (κ2) is 7.93. The summed E-state index contributed by atoms with van der Waals surface area (Å²) in [6.45, 7) is 3.28. The topological polar surface area (TPSA) is 88.8 Å². The van der Waals surface area contributed by atoms with Crippen LogP contribution in [0.15, 0.2) is 43.0 Å². The van der Waals surface area contributed by atoms with Gasteiger partial charge in [-0.1, -0.05) is 17.7 Å². The number of rotatable bonds is 4. The van der Waals surface area contributed by atoms with Crippen molar-refractivity contribution in [1.29, 1.82) is 0 Å². The first-order valence-electron chi connectivity index (χ1n) is 9.11. The molecule has 1 fully saturated rings. The number of amides is 1. The number of likely N-dealkylation sites (tertiary alicyclic amines) is 1. The van der Waals surface area contributed by atoms with Gasteiger partial charge in [0.25, 0.3) is 5.91 Å². The summed E-state index contributed by atoms with van der Waals surface area (Å²) in [5.74, 6) is 0.626. The van der Waals surface area contributed by atoms with E-state index in [0.29, 0.717) is 35.3 Å². The minimum absolute atomic E-state index is 0.0269. The third-order valence-corrected chi connectivity index (χ3v) is 4.89. The fraction of sp³-hybridized carbons (Fsp3) is 0.316. The molecule has 144 valence electrons. The maximum atomic E-state index is 13.3. The Kier molecular flexibility index (Phi) is 5.21. The first-order valence-corrected chi connectivity index (χ1v) is 9.48. The van der Waals surface area contributed by atoms with Crippen molar-refractivity contribution in [1.82, 2.24) is 29.9 Å². The quantitative estimate of drug-likeness (QED) is 0.728. The third kappa shape index (κ3) is 3.96. The molecule has 1 amide bonds. The molecule has 3 aromatic rings. The van der Waals surface area contributed by atoms with Crippen LogP contribution >= 0.6 is 11.6 Å². The molecule has 3 heterocycles. The van der Waals surface area contributed by atoms with Gasteiger partial charge in [-0.3, -0.25) is 4.79 Å². The summed E-state index contributed by atoms with van der Waals surface area (Å²) in [5, 5.41) is 12.1. The molecule has 0 saturated carbocycles. The van der Waals surface area contributed by atoms with Crippen LogP contribution in [0.25, 0.3) is 5.69 Å². The van der Waals surface area contributed by atoms with Gasteiger partial charge >= 0.3 is 0 Å². The summed E-state index contributed by atoms with van der Waals surface area (Å²) in [7, 11) is 0. The summed E-state index contributed by atoms with van der Waals surface area (Å²) in [4.78, 5) is 24.9. The van der Waals surface area contributed by atoms with Crippen LogP contribution in [0.2, 0.25) is 5.15 Å². The molecule has 1 unspecified atom stereocenters. The molecule has 1 atom stereocenters. The first kappa shape index (κ1) is 18.4. The van der Waals surface area contributed by atoms with Gasteiger partial charge in [-0.25, -0.2) is 9.97 Å². The van der Waals surface area contributed by atoms with Gasteiger partial charge in [-0.2, -0.15) is 15.0 Å². The van der Waals surface area contributed by atoms with Crippen molar-refractivity contribution in [3.05, 3.63) is 59.3 Å². The van der Waals surface area contributed by atoms with E-state index < -0.39 is 0 Å². The Hall–Kier alpha value is -3.00. The number of carbonyl (C=O) groups is 1. The molecular formula is C19H20ClN7O. The lowest BCUT2D eigenvalue weighted by Crippen LogP contribution is -2.45. The summed E-state index contributed by atoms with van der Waals surface area (Å²) >= 11 is 5.79. The van der Waals surface area contributed by atoms with Gasteiger partial charge in [-0.05, 0) is 37.5 Å². The number of piperidine rings is 1. The number of anilines is 1. The minimum Gasteiger partial charge on any atom is -0.364 e. The zero-order chi connectivity index (χ0) is 19.5. The minimum atomic E-state index is -0.0269. The Morgan fingerprint density at radius 3 is 2.79 bits per heavy atom. The van der Waals surface area contributed by atoms with Crippen LogP contribution in [0.5, 0.6) is 0 Å². The van der Waals surface area contributed by atoms with Crippen LogP contribution in [0, 0.1) is 6.92 Å². The molecular weight excluding hydrogens is 378 g/mol. The average molecular weight is 398 g/mol. The van der Waals surface area contributed by atoms with E-state index in [0.717, 1.165) is 18.4 Å². The zero-order valence-electron chi connectivity index (χ0n) is 15.4. The highest BCUT2D eigenvalue weighted by molar-refractivity contribution is 6.29. The van der Waals surface area contributed by atoms with E-state index in [1.165, 1.54) is 11.0 Å². The normalized spacial score (nSPS) is 16.8. The molecule has 0 bridgehead atoms. The second-order valence-electron chi connectivity index (χ2n) is 6.80. The van der Waals surface area contributed by atoms with Gasteiger partial charge in [0.2, 0.25) is 0 Å². The fourth-order valence-electron chi connectivity index (χ4n) is 3.37. The fourth-order valence-corrected chi connectivity index (χ4v) is 3.47. The molecule has 1 N–H and O–H groups in total. The van der Waals surface area contributed by atoms with E-state index in [1.54, 1.807) is 18.6 Å². The Bertz CT molecular complexity index is 959. The predicted molar refractivity (Wildman–Crippen MR) is 106 cm³/mol. The van der Waals surface area contributed by atoms with Crippen molar-refractivity contribution in [2.75, 3.05) is 18.4 Å². The van der Waals surface area contributed by atoms with Crippen LogP contribution < -0.4 is 5.32 Å². The van der Waals surface area contributed by atoms with Crippen LogP contribution in [0.1, 0.15) is 28.8 Å². The van der Waals surface area contributed by atoms with E-state index in [9.17, 15) is 4.79 Å². The van der Waals surface area contributed by atoms with Crippen molar-refractivity contribution >= 4 is 23.3 Å². The number of carbonyl (C=O) groups excluding carboxylic acids is 1. The number of benzene rings is 1. The maximum absolute atomic E-state index is 13.3. The maximum Gasteiger partial charge on any atom is 0.256 e. The lowest BCUT2D eigenvalue weighted by Gasteiger charge is -2.33. The molecule has 2 aromatic heterocycles. The van der Waals surface area contributed by atoms with E-state index in [1.807, 2.05) is 30.0 Å². The van der Waals surface area contributed by atoms with Crippen molar-refractivity contribution < 1.29 is 4.79 Å². The number of aromatic nitrogens is 5. The van der Waals surface area contributed by atoms with Gasteiger partial charge in [0, 0.05) is 19.1 Å². The zero-order valence-corrected chi connectivity index (χ0v) is 16.2. The number of hydrogen-bond acceptors (Lipinski definition) is 6. The summed E-state index contributed by atoms with van der Waals surface area (Å²) in [6.07, 6.45) is 8.17. The molecule has 1 aliphatic rings. The van der Waals surface area contributed by atoms with Crippen molar-refractivity contribution in [3.63, 3.8) is 0 Å². The highest BCUT2D eigenvalue weighted by Gasteiger charge is 2.26. The van der Waals surface area contributed by atoms with E-state index in [2.05, 4.69) is 25.5 Å². The van der Waals surface area contributed by atoms with Crippen LogP contribution in [0.4, 0.5) is 5.82 Å². The highest BCUT2D eigenvalue weighted by atomic mass is 35.5. The van der Waals surface area contributed by atoms with Crippen LogP contribution in [-0.2, 0) is 0 Å². The molecule has 1 aromatic carbocycles. The Labute approximate surface area is 167 Å². The van der Waals surface area contributed by atoms with Gasteiger partial charge in [0.1, 0.15) is 11.0 Å². The standard InChI is InChI=1S/C19H20ClN7O/c1-13-4-5-15(16(9-13)27-23-6-7-24-27)19(28)26-8-2-3-14(12-26)25-18-11-21-17(20)10-22-18/h4-7,9-11,14H,2-3,8,12H2,1H3,(H,22,25). The van der Waals surface area contributed by atoms with E-state index in [-0.39, 0.29) is 11.9 Å². The Morgan fingerprint density at radius 2 is 2.04 bits per heavy atom. The van der Waals surface area contributed by atoms with E-state index in [4.69, 9.17) is 11.6 Å². The highest BCUT2D eigenvalue weighted by Crippen LogP contribution is 2.21. The summed E-state index contributed by atoms with van der Waals surface area (Å²) < 4.78 is 0.